The normalized spacial score (nSPS) is 16.6. The van der Waals surface area contributed by atoms with E-state index in [9.17, 15) is 9.90 Å². The smallest absolute Gasteiger partial charge is 0.251 e. The molecule has 1 aromatic rings. The minimum atomic E-state index is -0.490. The molecule has 2 rings (SSSR count). The molecule has 0 saturated heterocycles. The molecule has 4 nitrogen and oxygen atoms in total. The molecule has 0 unspecified atom stereocenters. The number of methoxy groups -OCH3 is 1. The Morgan fingerprint density at radius 1 is 1.42 bits per heavy atom. The highest BCUT2D eigenvalue weighted by molar-refractivity contribution is 6.37. The second kappa shape index (κ2) is 5.57. The van der Waals surface area contributed by atoms with Gasteiger partial charge in [0.2, 0.25) is 0 Å². The van der Waals surface area contributed by atoms with E-state index < -0.39 is 5.54 Å². The van der Waals surface area contributed by atoms with Crippen molar-refractivity contribution in [1.29, 1.82) is 0 Å². The predicted molar refractivity (Wildman–Crippen MR) is 74.1 cm³/mol. The third-order valence-electron chi connectivity index (χ3n) is 3.46. The minimum absolute atomic E-state index is 0.0592. The third-order valence-corrected chi connectivity index (χ3v) is 4.02. The van der Waals surface area contributed by atoms with Crippen molar-refractivity contribution >= 4 is 29.1 Å². The van der Waals surface area contributed by atoms with Gasteiger partial charge in [0.05, 0.1) is 29.3 Å². The highest BCUT2D eigenvalue weighted by atomic mass is 35.5. The summed E-state index contributed by atoms with van der Waals surface area (Å²) in [5.41, 5.74) is -0.133. The van der Waals surface area contributed by atoms with Crippen molar-refractivity contribution in [2.75, 3.05) is 13.7 Å². The molecule has 0 spiro atoms. The van der Waals surface area contributed by atoms with Gasteiger partial charge in [-0.15, -0.1) is 0 Å². The highest BCUT2D eigenvalue weighted by Gasteiger charge is 2.38. The van der Waals surface area contributed by atoms with Crippen LogP contribution < -0.4 is 10.1 Å². The van der Waals surface area contributed by atoms with Gasteiger partial charge >= 0.3 is 0 Å². The molecule has 1 aromatic carbocycles. The fourth-order valence-corrected chi connectivity index (χ4v) is 2.77. The summed E-state index contributed by atoms with van der Waals surface area (Å²) in [5, 5.41) is 12.7. The maximum Gasteiger partial charge on any atom is 0.251 e. The van der Waals surface area contributed by atoms with Crippen LogP contribution in [0.5, 0.6) is 5.75 Å². The number of hydrogen-bond donors (Lipinski definition) is 2. The van der Waals surface area contributed by atoms with Crippen molar-refractivity contribution in [2.45, 2.75) is 24.8 Å². The topological polar surface area (TPSA) is 58.6 Å². The quantitative estimate of drug-likeness (QED) is 0.899. The second-order valence-electron chi connectivity index (χ2n) is 4.72. The third kappa shape index (κ3) is 2.81. The summed E-state index contributed by atoms with van der Waals surface area (Å²) >= 11 is 12.0. The van der Waals surface area contributed by atoms with E-state index in [-0.39, 0.29) is 22.6 Å². The fourth-order valence-electron chi connectivity index (χ4n) is 2.13. The van der Waals surface area contributed by atoms with Gasteiger partial charge in [0.1, 0.15) is 0 Å². The molecular weight excluding hydrogens is 289 g/mol. The lowest BCUT2D eigenvalue weighted by molar-refractivity contribution is 0.0641. The Labute approximate surface area is 121 Å². The Balaban J connectivity index is 2.20. The molecule has 0 bridgehead atoms. The Kier molecular flexibility index (Phi) is 4.23. The number of halogens is 2. The Bertz CT molecular complexity index is 472. The van der Waals surface area contributed by atoms with Gasteiger partial charge in [0.25, 0.3) is 5.91 Å². The average Bonchev–Trinajstić information content (AvgIpc) is 2.33. The van der Waals surface area contributed by atoms with Crippen LogP contribution in [0.2, 0.25) is 10.0 Å². The van der Waals surface area contributed by atoms with Gasteiger partial charge < -0.3 is 15.2 Å². The van der Waals surface area contributed by atoms with Crippen molar-refractivity contribution in [3.63, 3.8) is 0 Å². The zero-order chi connectivity index (χ0) is 14.0. The molecule has 0 aromatic heterocycles. The number of hydrogen-bond acceptors (Lipinski definition) is 3. The monoisotopic (exact) mass is 303 g/mol. The molecule has 2 N–H and O–H groups in total. The van der Waals surface area contributed by atoms with Crippen molar-refractivity contribution in [2.24, 2.45) is 0 Å². The molecule has 0 aliphatic heterocycles. The van der Waals surface area contributed by atoms with E-state index in [4.69, 9.17) is 27.9 Å². The summed E-state index contributed by atoms with van der Waals surface area (Å²) < 4.78 is 5.03. The Morgan fingerprint density at radius 2 is 2.00 bits per heavy atom. The van der Waals surface area contributed by atoms with Crippen LogP contribution in [0.1, 0.15) is 29.6 Å². The number of amides is 1. The van der Waals surface area contributed by atoms with Gasteiger partial charge in [-0.1, -0.05) is 23.2 Å². The van der Waals surface area contributed by atoms with Gasteiger partial charge in [0.15, 0.2) is 5.75 Å². The average molecular weight is 304 g/mol. The first kappa shape index (κ1) is 14.4. The molecular formula is C13H15Cl2NO3. The van der Waals surface area contributed by atoms with Crippen molar-refractivity contribution < 1.29 is 14.6 Å². The summed E-state index contributed by atoms with van der Waals surface area (Å²) in [6.45, 7) is -0.0592. The second-order valence-corrected chi connectivity index (χ2v) is 5.53. The SMILES string of the molecule is COc1c(Cl)cc(C(=O)NC2(CO)CCC2)cc1Cl. The van der Waals surface area contributed by atoms with E-state index >= 15 is 0 Å². The summed E-state index contributed by atoms with van der Waals surface area (Å²) in [6.07, 6.45) is 2.57. The molecule has 0 heterocycles. The standard InChI is InChI=1S/C13H15Cl2NO3/c1-19-11-9(14)5-8(6-10(11)15)12(18)16-13(7-17)3-2-4-13/h5-6,17H,2-4,7H2,1H3,(H,16,18). The van der Waals surface area contributed by atoms with Gasteiger partial charge in [-0.2, -0.15) is 0 Å². The van der Waals surface area contributed by atoms with Gasteiger partial charge in [0, 0.05) is 5.56 Å². The zero-order valence-electron chi connectivity index (χ0n) is 10.5. The number of rotatable bonds is 4. The van der Waals surface area contributed by atoms with Gasteiger partial charge in [-0.25, -0.2) is 0 Å². The maximum absolute atomic E-state index is 12.1. The van der Waals surface area contributed by atoms with Crippen LogP contribution in [-0.4, -0.2) is 30.3 Å². The highest BCUT2D eigenvalue weighted by Crippen LogP contribution is 2.35. The van der Waals surface area contributed by atoms with Gasteiger partial charge in [-0.3, -0.25) is 4.79 Å². The Morgan fingerprint density at radius 3 is 2.37 bits per heavy atom. The number of carbonyl (C=O) groups excluding carboxylic acids is 1. The van der Waals surface area contributed by atoms with Crippen molar-refractivity contribution in [1.82, 2.24) is 5.32 Å². The van der Waals surface area contributed by atoms with E-state index in [1.807, 2.05) is 0 Å². The molecule has 1 fully saturated rings. The zero-order valence-corrected chi connectivity index (χ0v) is 12.0. The maximum atomic E-state index is 12.1. The summed E-state index contributed by atoms with van der Waals surface area (Å²) in [6, 6.07) is 3.01. The predicted octanol–water partition coefficient (Wildman–Crippen LogP) is 2.65. The van der Waals surface area contributed by atoms with Crippen LogP contribution >= 0.6 is 23.2 Å². The molecule has 0 radical (unpaired) electrons. The largest absolute Gasteiger partial charge is 0.494 e. The first-order valence-electron chi connectivity index (χ1n) is 5.98. The molecule has 19 heavy (non-hydrogen) atoms. The first-order valence-corrected chi connectivity index (χ1v) is 6.73. The van der Waals surface area contributed by atoms with Crippen LogP contribution in [0.25, 0.3) is 0 Å². The van der Waals surface area contributed by atoms with E-state index in [1.165, 1.54) is 19.2 Å². The van der Waals surface area contributed by atoms with Crippen LogP contribution in [0.15, 0.2) is 12.1 Å². The number of carbonyl (C=O) groups is 1. The van der Waals surface area contributed by atoms with E-state index in [1.54, 1.807) is 0 Å². The first-order chi connectivity index (χ1) is 9.01. The lowest BCUT2D eigenvalue weighted by Gasteiger charge is -2.41. The number of aliphatic hydroxyl groups excluding tert-OH is 1. The number of aliphatic hydroxyl groups is 1. The minimum Gasteiger partial charge on any atom is -0.494 e. The molecule has 1 aliphatic carbocycles. The lowest BCUT2D eigenvalue weighted by Crippen LogP contribution is -2.56. The van der Waals surface area contributed by atoms with Crippen LogP contribution in [0.3, 0.4) is 0 Å². The summed E-state index contributed by atoms with van der Waals surface area (Å²) in [7, 11) is 1.46. The molecule has 1 amide bonds. The van der Waals surface area contributed by atoms with Crippen LogP contribution in [0, 0.1) is 0 Å². The molecule has 0 atom stereocenters. The van der Waals surface area contributed by atoms with E-state index in [0.717, 1.165) is 19.3 Å². The van der Waals surface area contributed by atoms with E-state index in [2.05, 4.69) is 5.32 Å². The molecule has 1 aliphatic rings. The van der Waals surface area contributed by atoms with Crippen molar-refractivity contribution in [3.05, 3.63) is 27.7 Å². The Hall–Kier alpha value is -0.970. The number of nitrogens with one attached hydrogen (secondary N) is 1. The summed E-state index contributed by atoms with van der Waals surface area (Å²) in [4.78, 5) is 12.1. The lowest BCUT2D eigenvalue weighted by atomic mass is 9.77. The fraction of sp³-hybridized carbons (Fsp3) is 0.462. The number of benzene rings is 1. The molecule has 6 heteroatoms. The van der Waals surface area contributed by atoms with Gasteiger partial charge in [-0.05, 0) is 31.4 Å². The van der Waals surface area contributed by atoms with Crippen LogP contribution in [-0.2, 0) is 0 Å². The van der Waals surface area contributed by atoms with Crippen molar-refractivity contribution in [3.8, 4) is 5.75 Å². The van der Waals surface area contributed by atoms with Crippen LogP contribution in [0.4, 0.5) is 0 Å². The number of ether oxygens (including phenoxy) is 1. The molecule has 104 valence electrons. The van der Waals surface area contributed by atoms with E-state index in [0.29, 0.717) is 11.3 Å². The molecule has 1 saturated carbocycles. The summed E-state index contributed by atoms with van der Waals surface area (Å²) in [5.74, 6) is 0.0561.